The molecule has 4 rings (SSSR count). The fourth-order valence-corrected chi connectivity index (χ4v) is 29.8. The Bertz CT molecular complexity index is 1990. The summed E-state index contributed by atoms with van der Waals surface area (Å²) in [6.07, 6.45) is 0.463. The van der Waals surface area contributed by atoms with Gasteiger partial charge in [-0.15, -0.1) is 0 Å². The van der Waals surface area contributed by atoms with Crippen LogP contribution in [0.4, 0.5) is 0 Å². The van der Waals surface area contributed by atoms with E-state index in [1.54, 1.807) is 19.2 Å². The third-order valence-electron chi connectivity index (χ3n) is 14.4. The maximum Gasteiger partial charge on any atom is 0.268 e. The lowest BCUT2D eigenvalue weighted by atomic mass is 10.0. The Hall–Kier alpha value is -2.20. The van der Waals surface area contributed by atoms with E-state index in [1.165, 1.54) is 3.97 Å². The first-order chi connectivity index (χ1) is 28.3. The molecule has 0 amide bonds. The molecule has 61 heavy (non-hydrogen) atoms. The summed E-state index contributed by atoms with van der Waals surface area (Å²) in [5.41, 5.74) is 4.86. The summed E-state index contributed by atoms with van der Waals surface area (Å²) in [5, 5.41) is 0.727. The van der Waals surface area contributed by atoms with Crippen molar-refractivity contribution in [2.75, 3.05) is 13.7 Å². The van der Waals surface area contributed by atoms with Crippen LogP contribution in [0.3, 0.4) is 0 Å². The molecule has 0 bridgehead atoms. The molecule has 344 valence electrons. The molecule has 0 radical (unpaired) electrons. The Morgan fingerprint density at radius 3 is 1.52 bits per heavy atom. The zero-order chi connectivity index (χ0) is 46.2. The third kappa shape index (κ3) is 9.62. The van der Waals surface area contributed by atoms with Crippen LogP contribution in [0.1, 0.15) is 136 Å². The molecule has 2 aromatic carbocycles. The number of fused-ring (bicyclic) bond motifs is 1. The molecule has 0 spiro atoms. The van der Waals surface area contributed by atoms with Gasteiger partial charge in [0, 0.05) is 5.39 Å². The van der Waals surface area contributed by atoms with Crippen molar-refractivity contribution in [2.24, 2.45) is 0 Å². The fourth-order valence-electron chi connectivity index (χ4n) is 11.8. The van der Waals surface area contributed by atoms with Gasteiger partial charge in [-0.25, -0.2) is 12.4 Å². The predicted molar refractivity (Wildman–Crippen MR) is 264 cm³/mol. The quantitative estimate of drug-likeness (QED) is 0.104. The van der Waals surface area contributed by atoms with Crippen molar-refractivity contribution >= 4 is 51.6 Å². The molecule has 3 aromatic rings. The minimum Gasteiger partial charge on any atom is -0.497 e. The monoisotopic (exact) mass is 914 g/mol. The number of benzene rings is 2. The number of hydrogen-bond acceptors (Lipinski definition) is 7. The molecule has 0 N–H and O–H groups in total. The number of nitrogens with zero attached hydrogens (tertiary/aromatic N) is 1. The van der Waals surface area contributed by atoms with E-state index in [0.29, 0.717) is 79.2 Å². The molecule has 1 aliphatic rings. The number of hydrogen-bond donors (Lipinski definition) is 0. The van der Waals surface area contributed by atoms with Gasteiger partial charge in [0.15, 0.2) is 0 Å². The average molecular weight is 915 g/mol. The molecule has 0 saturated carbocycles. The van der Waals surface area contributed by atoms with E-state index in [4.69, 9.17) is 22.8 Å². The molecule has 3 atom stereocenters. The second-order valence-corrected chi connectivity index (χ2v) is 38.7. The van der Waals surface area contributed by atoms with Crippen molar-refractivity contribution in [1.29, 1.82) is 0 Å². The maximum atomic E-state index is 15.0. The number of aryl methyl sites for hydroxylation is 1. The van der Waals surface area contributed by atoms with E-state index < -0.39 is 53.3 Å². The van der Waals surface area contributed by atoms with E-state index >= 15 is 8.42 Å². The van der Waals surface area contributed by atoms with Crippen molar-refractivity contribution in [1.82, 2.24) is 3.97 Å². The largest absolute Gasteiger partial charge is 0.497 e. The van der Waals surface area contributed by atoms with Crippen LogP contribution in [0.5, 0.6) is 5.75 Å². The average Bonchev–Trinajstić information content (AvgIpc) is 3.55. The molecule has 8 nitrogen and oxygen atoms in total. The molecule has 2 heterocycles. The number of ether oxygens (including phenoxy) is 2. The van der Waals surface area contributed by atoms with E-state index in [9.17, 15) is 0 Å². The predicted octanol–water partition coefficient (Wildman–Crippen LogP) is 14.2. The highest BCUT2D eigenvalue weighted by Gasteiger charge is 2.55. The minimum absolute atomic E-state index is 0.201. The van der Waals surface area contributed by atoms with Crippen LogP contribution >= 0.6 is 0 Å². The van der Waals surface area contributed by atoms with Crippen molar-refractivity contribution < 1.29 is 31.2 Å². The van der Waals surface area contributed by atoms with Crippen LogP contribution in [0.15, 0.2) is 59.5 Å². The summed E-state index contributed by atoms with van der Waals surface area (Å²) in [5.74, 6) is 1.10. The summed E-state index contributed by atoms with van der Waals surface area (Å²) in [6.45, 7) is 44.0. The van der Waals surface area contributed by atoms with Gasteiger partial charge in [0.25, 0.3) is 10.0 Å². The Kier molecular flexibility index (Phi) is 16.8. The first-order valence-corrected chi connectivity index (χ1v) is 31.0. The first kappa shape index (κ1) is 51.4. The standard InChI is InChI=1S/C49H83NO7SSi3/c1-31(2)59(32(3)4,33(5)6)54-30-48-49(57-61(37(13)14,38(15)16)39(17)18)47(56-60(34(7)8,35(9)10)36(11)12)29-46(55-48)45-28-41-27-42(53-20)23-26-44(41)50(45)58(51,52)43-24-21-40(19)22-25-43/h21-29,31-39,47-49H,30H2,1-20H3/t47-,48-,49+/m1/s1. The Morgan fingerprint density at radius 2 is 1.08 bits per heavy atom. The van der Waals surface area contributed by atoms with Gasteiger partial charge < -0.3 is 22.8 Å². The third-order valence-corrected chi connectivity index (χ3v) is 34.4. The SMILES string of the molecule is COc1ccc2c(c1)cc(C1=C[C@@H](O[Si](C(C)C)(C(C)C)C(C)C)[C@H](O[Si](C(C)C)(C(C)C)C(C)C)[C@@H](CO[Si](C(C)C)(C(C)C)C(C)C)O1)n2S(=O)(=O)c1ccc(C)cc1. The number of methoxy groups -OCH3 is 1. The summed E-state index contributed by atoms with van der Waals surface area (Å²) in [7, 11) is -10.0. The topological polar surface area (TPSA) is 85.2 Å². The van der Waals surface area contributed by atoms with E-state index in [2.05, 4.69) is 131 Å². The molecular formula is C49H83NO7SSi3. The fraction of sp³-hybridized carbons (Fsp3) is 0.673. The Labute approximate surface area is 375 Å². The normalized spacial score (nSPS) is 18.6. The summed E-state index contributed by atoms with van der Waals surface area (Å²) < 4.78 is 67.9. The van der Waals surface area contributed by atoms with Gasteiger partial charge in [-0.1, -0.05) is 142 Å². The van der Waals surface area contributed by atoms with Crippen molar-refractivity contribution in [3.63, 3.8) is 0 Å². The molecule has 0 saturated heterocycles. The van der Waals surface area contributed by atoms with Crippen LogP contribution in [0, 0.1) is 6.92 Å². The molecule has 0 unspecified atom stereocenters. The number of aromatic nitrogens is 1. The second kappa shape index (κ2) is 19.9. The van der Waals surface area contributed by atoms with E-state index in [-0.39, 0.29) is 4.90 Å². The molecule has 0 fully saturated rings. The summed E-state index contributed by atoms with van der Waals surface area (Å²) in [4.78, 5) is 0.201. The summed E-state index contributed by atoms with van der Waals surface area (Å²) in [6, 6.07) is 14.5. The van der Waals surface area contributed by atoms with Gasteiger partial charge in [0.1, 0.15) is 23.7 Å². The minimum atomic E-state index is -4.12. The number of rotatable bonds is 20. The molecule has 0 aliphatic carbocycles. The first-order valence-electron chi connectivity index (χ1n) is 23.2. The summed E-state index contributed by atoms with van der Waals surface area (Å²) >= 11 is 0. The van der Waals surface area contributed by atoms with Crippen molar-refractivity contribution in [3.8, 4) is 5.75 Å². The zero-order valence-electron chi connectivity index (χ0n) is 41.5. The lowest BCUT2D eigenvalue weighted by molar-refractivity contribution is -0.0622. The van der Waals surface area contributed by atoms with E-state index in [0.717, 1.165) is 10.9 Å². The van der Waals surface area contributed by atoms with Crippen molar-refractivity contribution in [2.45, 2.75) is 205 Å². The highest BCUT2D eigenvalue weighted by atomic mass is 32.2. The lowest BCUT2D eigenvalue weighted by Crippen LogP contribution is -2.61. The van der Waals surface area contributed by atoms with Crippen LogP contribution < -0.4 is 4.74 Å². The van der Waals surface area contributed by atoms with Crippen molar-refractivity contribution in [3.05, 3.63) is 65.9 Å². The van der Waals surface area contributed by atoms with Gasteiger partial charge >= 0.3 is 0 Å². The van der Waals surface area contributed by atoms with Gasteiger partial charge in [0.05, 0.1) is 35.9 Å². The second-order valence-electron chi connectivity index (χ2n) is 20.7. The van der Waals surface area contributed by atoms with Crippen LogP contribution in [-0.4, -0.2) is 69.4 Å². The Morgan fingerprint density at radius 1 is 0.623 bits per heavy atom. The molecular weight excluding hydrogens is 831 g/mol. The van der Waals surface area contributed by atoms with Gasteiger partial charge in [-0.05, 0) is 99.3 Å². The van der Waals surface area contributed by atoms with Crippen LogP contribution in [0.25, 0.3) is 16.7 Å². The highest BCUT2D eigenvalue weighted by Crippen LogP contribution is 2.50. The lowest BCUT2D eigenvalue weighted by Gasteiger charge is -2.52. The van der Waals surface area contributed by atoms with Gasteiger partial charge in [-0.2, -0.15) is 0 Å². The maximum absolute atomic E-state index is 15.0. The Balaban J connectivity index is 2.16. The molecule has 1 aliphatic heterocycles. The molecule has 12 heteroatoms. The zero-order valence-corrected chi connectivity index (χ0v) is 45.4. The van der Waals surface area contributed by atoms with Gasteiger partial charge in [0.2, 0.25) is 25.0 Å². The smallest absolute Gasteiger partial charge is 0.268 e. The van der Waals surface area contributed by atoms with Gasteiger partial charge in [-0.3, -0.25) is 0 Å². The highest BCUT2D eigenvalue weighted by molar-refractivity contribution is 7.90. The van der Waals surface area contributed by atoms with E-state index in [1.807, 2.05) is 43.3 Å². The van der Waals surface area contributed by atoms with Crippen LogP contribution in [-0.2, 0) is 28.0 Å². The molecule has 1 aromatic heterocycles. The van der Waals surface area contributed by atoms with Crippen LogP contribution in [0.2, 0.25) is 49.9 Å².